The van der Waals surface area contributed by atoms with Gasteiger partial charge in [-0.1, -0.05) is 60.3 Å². The van der Waals surface area contributed by atoms with Gasteiger partial charge in [-0.05, 0) is 48.7 Å². The molecule has 0 radical (unpaired) electrons. The first-order valence-electron chi connectivity index (χ1n) is 12.2. The second kappa shape index (κ2) is 11.7. The molecule has 0 atom stereocenters. The Balaban J connectivity index is 1.07. The van der Waals surface area contributed by atoms with E-state index in [0.29, 0.717) is 35.6 Å². The summed E-state index contributed by atoms with van der Waals surface area (Å²) >= 11 is 1.43. The maximum absolute atomic E-state index is 13.3. The lowest BCUT2D eigenvalue weighted by Gasteiger charge is -2.30. The first-order chi connectivity index (χ1) is 18.5. The number of H-pyrrole nitrogens is 1. The van der Waals surface area contributed by atoms with E-state index in [1.807, 2.05) is 54.6 Å². The number of fused-ring (bicyclic) bond motifs is 1. The lowest BCUT2D eigenvalue weighted by molar-refractivity contribution is -0.122. The lowest BCUT2D eigenvalue weighted by atomic mass is 10.0. The molecule has 1 amide bonds. The molecule has 196 valence electrons. The minimum atomic E-state index is -3.69. The Morgan fingerprint density at radius 3 is 2.61 bits per heavy atom. The van der Waals surface area contributed by atoms with Crippen LogP contribution in [-0.4, -0.2) is 55.0 Å². The fourth-order valence-corrected chi connectivity index (χ4v) is 6.35. The minimum Gasteiger partial charge on any atom is -0.484 e. The Labute approximate surface area is 225 Å². The molecule has 0 unspecified atom stereocenters. The summed E-state index contributed by atoms with van der Waals surface area (Å²) in [6.07, 6.45) is 1.64. The largest absolute Gasteiger partial charge is 0.484 e. The van der Waals surface area contributed by atoms with Gasteiger partial charge in [0.2, 0.25) is 5.16 Å². The monoisotopic (exact) mass is 549 g/mol. The molecule has 9 nitrogen and oxygen atoms in total. The van der Waals surface area contributed by atoms with Gasteiger partial charge in [-0.25, -0.2) is 13.4 Å². The number of benzene rings is 3. The van der Waals surface area contributed by atoms with Crippen LogP contribution in [0.15, 0.2) is 88.9 Å². The lowest BCUT2D eigenvalue weighted by Crippen LogP contribution is -2.35. The molecule has 5 rings (SSSR count). The average Bonchev–Trinajstić information content (AvgIpc) is 3.44. The van der Waals surface area contributed by atoms with Gasteiger partial charge < -0.3 is 10.1 Å². The van der Waals surface area contributed by atoms with Crippen LogP contribution >= 0.6 is 11.8 Å². The number of carbonyl (C=O) groups excluding carboxylic acids is 1. The number of ether oxygens (including phenoxy) is 1. The van der Waals surface area contributed by atoms with Crippen LogP contribution in [0.3, 0.4) is 0 Å². The molecule has 0 bridgehead atoms. The van der Waals surface area contributed by atoms with Gasteiger partial charge >= 0.3 is 0 Å². The maximum atomic E-state index is 13.3. The van der Waals surface area contributed by atoms with Gasteiger partial charge in [-0.15, -0.1) is 5.10 Å². The molecular weight excluding hydrogens is 522 g/mol. The number of thioether (sulfide) groups is 1. The molecule has 0 saturated heterocycles. The van der Waals surface area contributed by atoms with Crippen LogP contribution < -0.4 is 14.4 Å². The van der Waals surface area contributed by atoms with Crippen molar-refractivity contribution < 1.29 is 17.9 Å². The number of carbonyl (C=O) groups is 1. The van der Waals surface area contributed by atoms with E-state index >= 15 is 0 Å². The number of anilines is 1. The van der Waals surface area contributed by atoms with Gasteiger partial charge in [-0.3, -0.25) is 14.2 Å². The van der Waals surface area contributed by atoms with Gasteiger partial charge in [0, 0.05) is 24.4 Å². The number of hydrogen-bond acceptors (Lipinski definition) is 7. The van der Waals surface area contributed by atoms with E-state index in [0.717, 1.165) is 29.7 Å². The highest BCUT2D eigenvalue weighted by Gasteiger charge is 2.28. The van der Waals surface area contributed by atoms with Crippen LogP contribution in [0.5, 0.6) is 5.75 Å². The van der Waals surface area contributed by atoms with Crippen LogP contribution in [0.25, 0.3) is 11.4 Å². The summed E-state index contributed by atoms with van der Waals surface area (Å²) in [5.41, 5.74) is 2.72. The Morgan fingerprint density at radius 1 is 1.03 bits per heavy atom. The molecule has 38 heavy (non-hydrogen) atoms. The highest BCUT2D eigenvalue weighted by Crippen LogP contribution is 2.32. The van der Waals surface area contributed by atoms with Crippen molar-refractivity contribution in [1.29, 1.82) is 0 Å². The number of para-hydroxylation sites is 1. The predicted octanol–water partition coefficient (Wildman–Crippen LogP) is 3.90. The second-order valence-corrected chi connectivity index (χ2v) is 11.5. The van der Waals surface area contributed by atoms with Crippen LogP contribution in [-0.2, 0) is 21.2 Å². The summed E-state index contributed by atoms with van der Waals surface area (Å²) in [5, 5.41) is 10.5. The molecule has 0 spiro atoms. The molecule has 1 aliphatic heterocycles. The van der Waals surface area contributed by atoms with Crippen molar-refractivity contribution in [2.75, 3.05) is 29.8 Å². The quantitative estimate of drug-likeness (QED) is 0.228. The van der Waals surface area contributed by atoms with Gasteiger partial charge in [0.15, 0.2) is 12.4 Å². The first-order valence-corrected chi connectivity index (χ1v) is 14.6. The Morgan fingerprint density at radius 2 is 1.79 bits per heavy atom. The zero-order valence-electron chi connectivity index (χ0n) is 20.5. The molecule has 0 fully saturated rings. The zero-order chi connectivity index (χ0) is 26.4. The number of rotatable bonds is 10. The number of hydrogen-bond donors (Lipinski definition) is 2. The van der Waals surface area contributed by atoms with Gasteiger partial charge in [-0.2, -0.15) is 0 Å². The number of nitrogens with zero attached hydrogens (tertiary/aromatic N) is 3. The van der Waals surface area contributed by atoms with E-state index in [-0.39, 0.29) is 17.4 Å². The molecule has 11 heteroatoms. The van der Waals surface area contributed by atoms with E-state index in [9.17, 15) is 13.2 Å². The molecule has 3 aromatic carbocycles. The molecular formula is C27H27N5O4S2. The average molecular weight is 550 g/mol. The second-order valence-electron chi connectivity index (χ2n) is 8.60. The molecule has 1 aromatic heterocycles. The van der Waals surface area contributed by atoms with Crippen molar-refractivity contribution in [1.82, 2.24) is 20.5 Å². The van der Waals surface area contributed by atoms with Gasteiger partial charge in [0.1, 0.15) is 5.75 Å². The summed E-state index contributed by atoms with van der Waals surface area (Å²) in [6.45, 7) is 0.700. The van der Waals surface area contributed by atoms with E-state index < -0.39 is 10.0 Å². The highest BCUT2D eigenvalue weighted by molar-refractivity contribution is 7.99. The normalized spacial score (nSPS) is 13.1. The number of aromatic nitrogens is 3. The third kappa shape index (κ3) is 6.00. The summed E-state index contributed by atoms with van der Waals surface area (Å²) in [7, 11) is -3.69. The molecule has 4 aromatic rings. The van der Waals surface area contributed by atoms with Crippen molar-refractivity contribution in [3.8, 4) is 17.1 Å². The number of aromatic amines is 1. The van der Waals surface area contributed by atoms with E-state index in [1.54, 1.807) is 12.1 Å². The summed E-state index contributed by atoms with van der Waals surface area (Å²) < 4.78 is 33.5. The van der Waals surface area contributed by atoms with Gasteiger partial charge in [0.05, 0.1) is 10.6 Å². The molecule has 2 N–H and O–H groups in total. The number of aryl methyl sites for hydroxylation is 1. The fraction of sp³-hybridized carbons (Fsp3) is 0.222. The molecule has 1 aliphatic rings. The predicted molar refractivity (Wildman–Crippen MR) is 147 cm³/mol. The fourth-order valence-electron chi connectivity index (χ4n) is 4.15. The number of sulfonamides is 1. The minimum absolute atomic E-state index is 0.172. The van der Waals surface area contributed by atoms with Crippen molar-refractivity contribution in [2.24, 2.45) is 0 Å². The smallest absolute Gasteiger partial charge is 0.264 e. The van der Waals surface area contributed by atoms with Crippen molar-refractivity contribution in [2.45, 2.75) is 22.9 Å². The van der Waals surface area contributed by atoms with Crippen LogP contribution in [0.2, 0.25) is 0 Å². The van der Waals surface area contributed by atoms with Crippen LogP contribution in [0.4, 0.5) is 5.69 Å². The number of amides is 1. The van der Waals surface area contributed by atoms with Crippen molar-refractivity contribution >= 4 is 33.4 Å². The summed E-state index contributed by atoms with van der Waals surface area (Å²) in [6, 6.07) is 23.5. The van der Waals surface area contributed by atoms with E-state index in [1.165, 1.54) is 28.2 Å². The number of nitrogens with one attached hydrogen (secondary N) is 2. The molecule has 0 saturated carbocycles. The third-order valence-corrected chi connectivity index (χ3v) is 8.69. The Kier molecular flexibility index (Phi) is 7.94. The summed E-state index contributed by atoms with van der Waals surface area (Å²) in [4.78, 5) is 16.8. The molecule has 2 heterocycles. The van der Waals surface area contributed by atoms with Crippen LogP contribution in [0, 0.1) is 0 Å². The van der Waals surface area contributed by atoms with Gasteiger partial charge in [0.25, 0.3) is 15.9 Å². The maximum Gasteiger partial charge on any atom is 0.264 e. The topological polar surface area (TPSA) is 117 Å². The van der Waals surface area contributed by atoms with Crippen LogP contribution in [0.1, 0.15) is 12.0 Å². The van der Waals surface area contributed by atoms with Crippen molar-refractivity contribution in [3.63, 3.8) is 0 Å². The Bertz CT molecular complexity index is 1490. The SMILES string of the molecule is O=C(COc1ccc(S(=O)(=O)N2CCCc3ccccc32)cc1)NCCSc1n[nH]c(-c2ccccc2)n1. The highest BCUT2D eigenvalue weighted by atomic mass is 32.2. The molecule has 0 aliphatic carbocycles. The Hall–Kier alpha value is -3.83. The zero-order valence-corrected chi connectivity index (χ0v) is 22.2. The van der Waals surface area contributed by atoms with E-state index in [4.69, 9.17) is 4.74 Å². The third-order valence-electron chi connectivity index (χ3n) is 6.02. The first kappa shape index (κ1) is 25.8. The standard InChI is InChI=1S/C27H27N5O4S2/c33-25(28-16-18-37-27-29-26(30-31-27)21-8-2-1-3-9-21)19-36-22-12-14-23(15-13-22)38(34,35)32-17-6-10-20-7-4-5-11-24(20)32/h1-5,7-9,11-15H,6,10,16-19H2,(H,28,33)(H,29,30,31). The van der Waals surface area contributed by atoms with E-state index in [2.05, 4.69) is 20.5 Å². The van der Waals surface area contributed by atoms with Crippen molar-refractivity contribution in [3.05, 3.63) is 84.4 Å². The summed E-state index contributed by atoms with van der Waals surface area (Å²) in [5.74, 6) is 1.45.